The van der Waals surface area contributed by atoms with Crippen LogP contribution in [0.4, 0.5) is 11.4 Å². The maximum Gasteiger partial charge on any atom is 0.337 e. The number of para-hydroxylation sites is 2. The van der Waals surface area contributed by atoms with Crippen molar-refractivity contribution in [1.82, 2.24) is 34.5 Å². The Morgan fingerprint density at radius 1 is 1.00 bits per heavy atom. The van der Waals surface area contributed by atoms with Crippen molar-refractivity contribution in [2.45, 2.75) is 6.54 Å². The summed E-state index contributed by atoms with van der Waals surface area (Å²) in [4.78, 5) is 35.1. The molecule has 2 saturated heterocycles. The molecule has 0 aliphatic carbocycles. The molecule has 6 rings (SSSR count). The van der Waals surface area contributed by atoms with Crippen molar-refractivity contribution in [3.8, 4) is 6.01 Å². The van der Waals surface area contributed by atoms with Crippen LogP contribution in [-0.2, 0) is 11.3 Å². The number of hydrogen-bond donors (Lipinski definition) is 2. The highest BCUT2D eigenvalue weighted by Crippen LogP contribution is 2.25. The van der Waals surface area contributed by atoms with Crippen LogP contribution < -0.4 is 21.2 Å². The number of benzene rings is 1. The fraction of sp³-hybridized carbons (Fsp3) is 0.400. The molecule has 1 aromatic carbocycles. The van der Waals surface area contributed by atoms with Crippen molar-refractivity contribution in [2.24, 2.45) is 0 Å². The van der Waals surface area contributed by atoms with Gasteiger partial charge in [0.1, 0.15) is 0 Å². The third kappa shape index (κ3) is 4.78. The minimum atomic E-state index is -0.572. The van der Waals surface area contributed by atoms with Crippen LogP contribution in [0.15, 0.2) is 51.9 Å². The molecule has 13 heteroatoms. The second-order valence-corrected chi connectivity index (χ2v) is 9.19. The van der Waals surface area contributed by atoms with Gasteiger partial charge in [0.15, 0.2) is 0 Å². The maximum atomic E-state index is 13.5. The number of pyridine rings is 1. The number of hydrogen-bond acceptors (Lipinski definition) is 10. The minimum Gasteiger partial charge on any atom is -0.398 e. The van der Waals surface area contributed by atoms with Crippen LogP contribution in [0.25, 0.3) is 17.0 Å². The number of rotatable bonds is 7. The molecule has 2 fully saturated rings. The number of nitrogens with zero attached hydrogens (tertiary/aromatic N) is 7. The molecule has 0 atom stereocenters. The summed E-state index contributed by atoms with van der Waals surface area (Å²) in [6, 6.07) is 9.24. The highest BCUT2D eigenvalue weighted by Gasteiger charge is 2.23. The number of ether oxygens (including phenoxy) is 1. The Labute approximate surface area is 218 Å². The van der Waals surface area contributed by atoms with Gasteiger partial charge in [-0.3, -0.25) is 19.2 Å². The number of piperazine rings is 1. The quantitative estimate of drug-likeness (QED) is 0.357. The standard InChI is InChI=1S/C25H29N9O4/c35-22(28-18-17-27-6-5-19(18)32-9-7-26-8-10-32)23-29-30-24(38-23)34-21-4-2-1-3-20(21)33(25(34)36)12-11-31-13-15-37-16-14-31/h1-6,17,26H,7-16H2,(H,28,35). The van der Waals surface area contributed by atoms with E-state index in [9.17, 15) is 9.59 Å². The molecule has 0 saturated carbocycles. The zero-order valence-corrected chi connectivity index (χ0v) is 20.9. The van der Waals surface area contributed by atoms with Gasteiger partial charge in [0.25, 0.3) is 0 Å². The Kier molecular flexibility index (Phi) is 6.86. The molecular formula is C25H29N9O4. The zero-order valence-electron chi connectivity index (χ0n) is 20.9. The lowest BCUT2D eigenvalue weighted by Crippen LogP contribution is -2.43. The van der Waals surface area contributed by atoms with Gasteiger partial charge < -0.3 is 24.7 Å². The predicted octanol–water partition coefficient (Wildman–Crippen LogP) is 0.564. The summed E-state index contributed by atoms with van der Waals surface area (Å²) in [6.07, 6.45) is 3.29. The Morgan fingerprint density at radius 3 is 2.61 bits per heavy atom. The molecule has 3 aromatic heterocycles. The number of anilines is 2. The number of carbonyl (C=O) groups excluding carboxylic acids is 1. The van der Waals surface area contributed by atoms with Crippen molar-refractivity contribution in [3.63, 3.8) is 0 Å². The molecular weight excluding hydrogens is 490 g/mol. The van der Waals surface area contributed by atoms with Gasteiger partial charge in [-0.1, -0.05) is 17.2 Å². The normalized spacial score (nSPS) is 16.7. The lowest BCUT2D eigenvalue weighted by Gasteiger charge is -2.30. The van der Waals surface area contributed by atoms with E-state index in [1.807, 2.05) is 30.3 Å². The van der Waals surface area contributed by atoms with Gasteiger partial charge in [0, 0.05) is 58.6 Å². The first-order valence-electron chi connectivity index (χ1n) is 12.7. The number of imidazole rings is 1. The average molecular weight is 520 g/mol. The summed E-state index contributed by atoms with van der Waals surface area (Å²) in [5.41, 5.74) is 2.50. The van der Waals surface area contributed by atoms with E-state index < -0.39 is 5.91 Å². The van der Waals surface area contributed by atoms with Crippen LogP contribution in [0.1, 0.15) is 10.7 Å². The molecule has 198 valence electrons. The van der Waals surface area contributed by atoms with Gasteiger partial charge >= 0.3 is 23.5 Å². The summed E-state index contributed by atoms with van der Waals surface area (Å²) >= 11 is 0. The molecule has 4 aromatic rings. The highest BCUT2D eigenvalue weighted by atomic mass is 16.5. The summed E-state index contributed by atoms with van der Waals surface area (Å²) < 4.78 is 14.2. The van der Waals surface area contributed by atoms with Crippen LogP contribution >= 0.6 is 0 Å². The molecule has 13 nitrogen and oxygen atoms in total. The Hall–Kier alpha value is -4.07. The molecule has 2 aliphatic rings. The van der Waals surface area contributed by atoms with Crippen molar-refractivity contribution >= 4 is 28.3 Å². The first-order valence-corrected chi connectivity index (χ1v) is 12.7. The third-order valence-electron chi connectivity index (χ3n) is 6.88. The highest BCUT2D eigenvalue weighted by molar-refractivity contribution is 6.02. The van der Waals surface area contributed by atoms with E-state index in [2.05, 4.69) is 35.6 Å². The maximum absolute atomic E-state index is 13.5. The van der Waals surface area contributed by atoms with Crippen molar-refractivity contribution in [3.05, 3.63) is 59.1 Å². The minimum absolute atomic E-state index is 0.0602. The summed E-state index contributed by atoms with van der Waals surface area (Å²) in [7, 11) is 0. The number of amides is 1. The Morgan fingerprint density at radius 2 is 1.79 bits per heavy atom. The number of nitrogens with one attached hydrogen (secondary N) is 2. The van der Waals surface area contributed by atoms with E-state index in [4.69, 9.17) is 9.15 Å². The first-order chi connectivity index (χ1) is 18.7. The van der Waals surface area contributed by atoms with Crippen LogP contribution in [0.5, 0.6) is 0 Å². The van der Waals surface area contributed by atoms with Crippen LogP contribution in [0, 0.1) is 0 Å². The largest absolute Gasteiger partial charge is 0.398 e. The van der Waals surface area contributed by atoms with Crippen molar-refractivity contribution in [2.75, 3.05) is 69.2 Å². The molecule has 0 bridgehead atoms. The zero-order chi connectivity index (χ0) is 25.9. The molecule has 2 aliphatic heterocycles. The van der Waals surface area contributed by atoms with Gasteiger partial charge in [0.05, 0.1) is 41.8 Å². The molecule has 0 radical (unpaired) electrons. The van der Waals surface area contributed by atoms with Crippen molar-refractivity contribution in [1.29, 1.82) is 0 Å². The first kappa shape index (κ1) is 24.3. The number of aromatic nitrogens is 5. The van der Waals surface area contributed by atoms with Crippen LogP contribution in [0.3, 0.4) is 0 Å². The van der Waals surface area contributed by atoms with E-state index >= 15 is 0 Å². The average Bonchev–Trinajstić information content (AvgIpc) is 3.55. The van der Waals surface area contributed by atoms with Gasteiger partial charge in [-0.05, 0) is 18.2 Å². The van der Waals surface area contributed by atoms with Crippen LogP contribution in [0.2, 0.25) is 0 Å². The fourth-order valence-electron chi connectivity index (χ4n) is 4.91. The smallest absolute Gasteiger partial charge is 0.337 e. The lowest BCUT2D eigenvalue weighted by atomic mass is 10.2. The number of morpholine rings is 1. The molecule has 5 heterocycles. The van der Waals surface area contributed by atoms with E-state index in [1.165, 1.54) is 4.57 Å². The fourth-order valence-corrected chi connectivity index (χ4v) is 4.91. The monoisotopic (exact) mass is 519 g/mol. The summed E-state index contributed by atoms with van der Waals surface area (Å²) in [6.45, 7) is 7.63. The summed E-state index contributed by atoms with van der Waals surface area (Å²) in [5.74, 6) is -0.815. The topological polar surface area (TPSA) is 136 Å². The Bertz CT molecular complexity index is 1480. The van der Waals surface area contributed by atoms with Gasteiger partial charge in [-0.2, -0.15) is 0 Å². The van der Waals surface area contributed by atoms with Crippen molar-refractivity contribution < 1.29 is 13.9 Å². The third-order valence-corrected chi connectivity index (χ3v) is 6.88. The number of fused-ring (bicyclic) bond motifs is 1. The second kappa shape index (κ2) is 10.7. The van der Waals surface area contributed by atoms with Crippen LogP contribution in [-0.4, -0.2) is 94.1 Å². The molecule has 0 spiro atoms. The lowest BCUT2D eigenvalue weighted by molar-refractivity contribution is 0.0364. The molecule has 0 unspecified atom stereocenters. The SMILES string of the molecule is O=C(Nc1cnccc1N1CCNCC1)c1nnc(-n2c(=O)n(CCN3CCOCC3)c3ccccc32)o1. The molecule has 2 N–H and O–H groups in total. The van der Waals surface area contributed by atoms with Gasteiger partial charge in [-0.25, -0.2) is 9.36 Å². The second-order valence-electron chi connectivity index (χ2n) is 9.19. The van der Waals surface area contributed by atoms with E-state index in [0.29, 0.717) is 31.0 Å². The van der Waals surface area contributed by atoms with Gasteiger partial charge in [0.2, 0.25) is 0 Å². The number of carbonyl (C=O) groups is 1. The van der Waals surface area contributed by atoms with E-state index in [-0.39, 0.29) is 17.6 Å². The van der Waals surface area contributed by atoms with E-state index in [1.54, 1.807) is 17.0 Å². The Balaban J connectivity index is 1.25. The molecule has 1 amide bonds. The van der Waals surface area contributed by atoms with E-state index in [0.717, 1.165) is 57.0 Å². The predicted molar refractivity (Wildman–Crippen MR) is 140 cm³/mol. The summed E-state index contributed by atoms with van der Waals surface area (Å²) in [5, 5.41) is 14.1. The van der Waals surface area contributed by atoms with Gasteiger partial charge in [-0.15, -0.1) is 5.10 Å². The molecule has 38 heavy (non-hydrogen) atoms.